The molecule has 1 spiro atoms. The molecule has 0 saturated heterocycles. The highest BCUT2D eigenvalue weighted by Gasteiger charge is 2.54. The van der Waals surface area contributed by atoms with Crippen LogP contribution in [0.25, 0.3) is 33.3 Å². The van der Waals surface area contributed by atoms with Crippen molar-refractivity contribution in [1.82, 2.24) is 0 Å². The lowest BCUT2D eigenvalue weighted by atomic mass is 9.67. The predicted octanol–water partition coefficient (Wildman–Crippen LogP) is 8.88. The largest absolute Gasteiger partial charge is 0.434 e. The minimum Gasteiger partial charge on any atom is -0.414 e. The SMILES string of the molecule is CCC1(CC)CCC2(OC(C)=CC(C)O2)[n+]2c(ccc3cc(-c4ccccc4)ccc32)-c2cc(C)cc(C)c21. The summed E-state index contributed by atoms with van der Waals surface area (Å²) < 4.78 is 16.1. The van der Waals surface area contributed by atoms with Crippen molar-refractivity contribution in [2.24, 2.45) is 0 Å². The lowest BCUT2D eigenvalue weighted by molar-refractivity contribution is -0.834. The van der Waals surface area contributed by atoms with Gasteiger partial charge >= 0.3 is 5.91 Å². The second-order valence-corrected chi connectivity index (χ2v) is 11.6. The Kier molecular flexibility index (Phi) is 6.38. The van der Waals surface area contributed by atoms with Gasteiger partial charge in [0.05, 0.1) is 18.1 Å². The molecule has 2 aliphatic rings. The first-order chi connectivity index (χ1) is 18.8. The lowest BCUT2D eigenvalue weighted by Gasteiger charge is -2.42. The molecular weight excluding hydrogens is 478 g/mol. The molecule has 3 heterocycles. The Labute approximate surface area is 233 Å². The van der Waals surface area contributed by atoms with Crippen molar-refractivity contribution in [3.63, 3.8) is 0 Å². The van der Waals surface area contributed by atoms with E-state index in [9.17, 15) is 0 Å². The summed E-state index contributed by atoms with van der Waals surface area (Å²) in [6, 6.07) is 26.7. The van der Waals surface area contributed by atoms with Gasteiger partial charge in [0, 0.05) is 17.5 Å². The van der Waals surface area contributed by atoms with Crippen LogP contribution in [0.5, 0.6) is 0 Å². The van der Waals surface area contributed by atoms with Gasteiger partial charge in [0.25, 0.3) is 0 Å². The van der Waals surface area contributed by atoms with Gasteiger partial charge in [-0.1, -0.05) is 55.8 Å². The van der Waals surface area contributed by atoms with E-state index in [4.69, 9.17) is 9.47 Å². The molecule has 0 aliphatic carbocycles. The van der Waals surface area contributed by atoms with Gasteiger partial charge in [0.15, 0.2) is 0 Å². The van der Waals surface area contributed by atoms with Crippen molar-refractivity contribution in [3.8, 4) is 22.4 Å². The molecule has 2 aliphatic heterocycles. The number of ether oxygens (including phenoxy) is 2. The summed E-state index contributed by atoms with van der Waals surface area (Å²) in [5.41, 5.74) is 10.2. The van der Waals surface area contributed by atoms with E-state index >= 15 is 0 Å². The van der Waals surface area contributed by atoms with Crippen molar-refractivity contribution >= 4 is 10.9 Å². The summed E-state index contributed by atoms with van der Waals surface area (Å²) in [5.74, 6) is -0.00309. The van der Waals surface area contributed by atoms with E-state index in [-0.39, 0.29) is 11.5 Å². The van der Waals surface area contributed by atoms with Crippen LogP contribution in [0.4, 0.5) is 0 Å². The zero-order valence-corrected chi connectivity index (χ0v) is 24.2. The Morgan fingerprint density at radius 1 is 0.846 bits per heavy atom. The number of nitrogens with zero attached hydrogens (tertiary/aromatic N) is 1. The third-order valence-corrected chi connectivity index (χ3v) is 9.10. The summed E-state index contributed by atoms with van der Waals surface area (Å²) in [6.07, 6.45) is 5.95. The minimum atomic E-state index is -0.924. The Bertz CT molecular complexity index is 1580. The van der Waals surface area contributed by atoms with Crippen LogP contribution in [0.3, 0.4) is 0 Å². The number of hydrogen-bond donors (Lipinski definition) is 0. The third-order valence-electron chi connectivity index (χ3n) is 9.10. The van der Waals surface area contributed by atoms with Crippen LogP contribution in [-0.4, -0.2) is 6.10 Å². The molecule has 1 aromatic heterocycles. The summed E-state index contributed by atoms with van der Waals surface area (Å²) in [4.78, 5) is 0. The maximum atomic E-state index is 6.89. The normalized spacial score (nSPS) is 21.9. The average molecular weight is 519 g/mol. The van der Waals surface area contributed by atoms with Crippen LogP contribution in [0, 0.1) is 13.8 Å². The monoisotopic (exact) mass is 518 g/mol. The molecule has 3 nitrogen and oxygen atoms in total. The van der Waals surface area contributed by atoms with Crippen LogP contribution in [0.1, 0.15) is 70.1 Å². The molecule has 3 heteroatoms. The number of benzene rings is 3. The summed E-state index contributed by atoms with van der Waals surface area (Å²) in [6.45, 7) is 13.4. The van der Waals surface area contributed by atoms with Gasteiger partial charge in [-0.15, -0.1) is 4.57 Å². The molecule has 2 atom stereocenters. The molecule has 0 N–H and O–H groups in total. The van der Waals surface area contributed by atoms with Gasteiger partial charge in [-0.2, -0.15) is 0 Å². The van der Waals surface area contributed by atoms with Gasteiger partial charge in [-0.3, -0.25) is 4.74 Å². The van der Waals surface area contributed by atoms with Crippen LogP contribution >= 0.6 is 0 Å². The van der Waals surface area contributed by atoms with Crippen molar-refractivity contribution in [1.29, 1.82) is 0 Å². The first kappa shape index (κ1) is 25.8. The standard InChI is InChI=1S/C36H40NO2/c1-7-35(8-2)18-19-36(38-26(5)22-27(6)39-36)37-32-16-14-29(28-12-10-9-11-13-28)23-30(32)15-17-33(37)31-21-24(3)20-25(4)34(31)35/h9-17,20-23,26H,7-8,18-19H2,1-6H3/q+1. The summed E-state index contributed by atoms with van der Waals surface area (Å²) in [7, 11) is 0. The summed E-state index contributed by atoms with van der Waals surface area (Å²) >= 11 is 0. The molecule has 4 aromatic rings. The van der Waals surface area contributed by atoms with Crippen molar-refractivity contribution in [3.05, 3.63) is 101 Å². The van der Waals surface area contributed by atoms with Crippen molar-refractivity contribution in [2.45, 2.75) is 84.7 Å². The van der Waals surface area contributed by atoms with E-state index in [0.29, 0.717) is 0 Å². The van der Waals surface area contributed by atoms with Crippen LogP contribution in [-0.2, 0) is 20.8 Å². The molecule has 39 heavy (non-hydrogen) atoms. The Balaban J connectivity index is 1.71. The molecule has 6 rings (SSSR count). The smallest absolute Gasteiger partial charge is 0.414 e. The molecular formula is C36H40NO2+. The van der Waals surface area contributed by atoms with Gasteiger partial charge in [-0.05, 0) is 105 Å². The number of allylic oxidation sites excluding steroid dienone is 1. The lowest BCUT2D eigenvalue weighted by Crippen LogP contribution is -2.64. The Morgan fingerprint density at radius 2 is 1.62 bits per heavy atom. The van der Waals surface area contributed by atoms with Gasteiger partial charge < -0.3 is 4.74 Å². The zero-order valence-electron chi connectivity index (χ0n) is 24.2. The van der Waals surface area contributed by atoms with E-state index in [1.54, 1.807) is 0 Å². The topological polar surface area (TPSA) is 22.3 Å². The molecule has 200 valence electrons. The Morgan fingerprint density at radius 3 is 2.33 bits per heavy atom. The van der Waals surface area contributed by atoms with Gasteiger partial charge in [-0.25, -0.2) is 0 Å². The number of aryl methyl sites for hydroxylation is 2. The highest BCUT2D eigenvalue weighted by molar-refractivity contribution is 5.84. The van der Waals surface area contributed by atoms with Crippen LogP contribution in [0.15, 0.2) is 84.6 Å². The average Bonchev–Trinajstić information content (AvgIpc) is 2.92. The summed E-state index contributed by atoms with van der Waals surface area (Å²) in [5, 5.41) is 1.18. The van der Waals surface area contributed by atoms with Crippen molar-refractivity contribution < 1.29 is 14.0 Å². The van der Waals surface area contributed by atoms with Gasteiger partial charge in [0.2, 0.25) is 11.2 Å². The number of pyridine rings is 1. The fraction of sp³-hybridized carbons (Fsp3) is 0.361. The number of hydrogen-bond acceptors (Lipinski definition) is 2. The Hall–Kier alpha value is -3.43. The number of fused-ring (bicyclic) bond motifs is 6. The fourth-order valence-electron chi connectivity index (χ4n) is 7.29. The maximum Gasteiger partial charge on any atom is 0.434 e. The van der Waals surface area contributed by atoms with Crippen LogP contribution < -0.4 is 4.57 Å². The molecule has 0 amide bonds. The van der Waals surface area contributed by atoms with E-state index < -0.39 is 5.91 Å². The van der Waals surface area contributed by atoms with Gasteiger partial charge in [0.1, 0.15) is 5.76 Å². The van der Waals surface area contributed by atoms with Crippen molar-refractivity contribution in [2.75, 3.05) is 0 Å². The van der Waals surface area contributed by atoms with E-state index in [0.717, 1.165) is 42.7 Å². The van der Waals surface area contributed by atoms with E-state index in [1.807, 2.05) is 0 Å². The minimum absolute atomic E-state index is 0.0475. The number of rotatable bonds is 3. The third kappa shape index (κ3) is 4.19. The number of aromatic nitrogens is 1. The molecule has 0 fully saturated rings. The second-order valence-electron chi connectivity index (χ2n) is 11.6. The molecule has 2 unspecified atom stereocenters. The predicted molar refractivity (Wildman–Crippen MR) is 159 cm³/mol. The van der Waals surface area contributed by atoms with Crippen LogP contribution in [0.2, 0.25) is 0 Å². The highest BCUT2D eigenvalue weighted by Crippen LogP contribution is 2.48. The molecule has 3 aromatic carbocycles. The molecule has 0 radical (unpaired) electrons. The van der Waals surface area contributed by atoms with E-state index in [2.05, 4.69) is 125 Å². The molecule has 0 bridgehead atoms. The quantitative estimate of drug-likeness (QED) is 0.253. The van der Waals surface area contributed by atoms with E-state index in [1.165, 1.54) is 38.8 Å². The first-order valence-electron chi connectivity index (χ1n) is 14.5. The highest BCUT2D eigenvalue weighted by atomic mass is 16.7. The maximum absolute atomic E-state index is 6.89. The second kappa shape index (κ2) is 9.64. The zero-order chi connectivity index (χ0) is 27.4. The molecule has 0 saturated carbocycles. The fourth-order valence-corrected chi connectivity index (χ4v) is 7.29. The first-order valence-corrected chi connectivity index (χ1v) is 14.5.